The third-order valence-corrected chi connectivity index (χ3v) is 9.20. The molecule has 0 bridgehead atoms. The number of ether oxygens (including phenoxy) is 2. The van der Waals surface area contributed by atoms with Crippen LogP contribution in [0.3, 0.4) is 0 Å². The van der Waals surface area contributed by atoms with Crippen LogP contribution in [-0.2, 0) is 21.3 Å². The first-order chi connectivity index (χ1) is 22.1. The standard InChI is InChI=1S/C16H23ClN4O2.C11H20N2O2.C5H4BrClN2/c1-16(2,3)23-15(22)21-9-12-7-20(8-13(12)10-21)6-11-4-18-14(17)19-5-11;1-11(2,3)15-10(14)13-6-8-4-12-5-9(8)7-13;6-1-4-2-8-5(7)9-3-4/h4-5,12-13H,6-10H2,1-3H3;8-9,12H,4-7H2,1-3H3;2-3H,1H2. The summed E-state index contributed by atoms with van der Waals surface area (Å²) in [6.45, 7) is 19.6. The molecule has 0 aromatic carbocycles. The number of aromatic nitrogens is 4. The summed E-state index contributed by atoms with van der Waals surface area (Å²) in [5.41, 5.74) is 1.28. The van der Waals surface area contributed by atoms with Crippen molar-refractivity contribution in [3.05, 3.63) is 46.5 Å². The van der Waals surface area contributed by atoms with Crippen LogP contribution in [-0.4, -0.2) is 110 Å². The highest BCUT2D eigenvalue weighted by molar-refractivity contribution is 9.08. The van der Waals surface area contributed by atoms with Crippen LogP contribution in [0.1, 0.15) is 52.7 Å². The minimum absolute atomic E-state index is 0.156. The second-order valence-corrected chi connectivity index (χ2v) is 15.8. The van der Waals surface area contributed by atoms with Gasteiger partial charge in [0.15, 0.2) is 0 Å². The monoisotopic (exact) mass is 756 g/mol. The molecule has 15 heteroatoms. The zero-order valence-electron chi connectivity index (χ0n) is 28.1. The minimum atomic E-state index is -0.435. The molecule has 2 amide bonds. The molecule has 2 aromatic heterocycles. The molecule has 2 aromatic rings. The van der Waals surface area contributed by atoms with E-state index >= 15 is 0 Å². The molecule has 47 heavy (non-hydrogen) atoms. The van der Waals surface area contributed by atoms with E-state index in [4.69, 9.17) is 32.7 Å². The molecule has 0 spiro atoms. The summed E-state index contributed by atoms with van der Waals surface area (Å²) < 4.78 is 10.8. The van der Waals surface area contributed by atoms with E-state index in [0.717, 1.165) is 75.4 Å². The Balaban J connectivity index is 0.000000178. The number of halogens is 3. The highest BCUT2D eigenvalue weighted by atomic mass is 79.9. The van der Waals surface area contributed by atoms with Gasteiger partial charge in [-0.15, -0.1) is 0 Å². The molecule has 4 unspecified atom stereocenters. The van der Waals surface area contributed by atoms with Crippen molar-refractivity contribution >= 4 is 51.3 Å². The van der Waals surface area contributed by atoms with Gasteiger partial charge in [0.1, 0.15) is 11.2 Å². The van der Waals surface area contributed by atoms with E-state index in [1.807, 2.05) is 51.3 Å². The second kappa shape index (κ2) is 16.4. The van der Waals surface area contributed by atoms with Gasteiger partial charge in [0.05, 0.1) is 0 Å². The van der Waals surface area contributed by atoms with Gasteiger partial charge in [-0.25, -0.2) is 29.5 Å². The number of amides is 2. The lowest BCUT2D eigenvalue weighted by Crippen LogP contribution is -2.37. The van der Waals surface area contributed by atoms with Crippen LogP contribution < -0.4 is 5.32 Å². The van der Waals surface area contributed by atoms with Crippen molar-refractivity contribution in [2.24, 2.45) is 23.7 Å². The average molecular weight is 759 g/mol. The Bertz CT molecular complexity index is 1300. The summed E-state index contributed by atoms with van der Waals surface area (Å²) in [4.78, 5) is 45.6. The van der Waals surface area contributed by atoms with Gasteiger partial charge in [0.2, 0.25) is 10.6 Å². The van der Waals surface area contributed by atoms with Gasteiger partial charge in [0.25, 0.3) is 0 Å². The van der Waals surface area contributed by atoms with E-state index in [2.05, 4.69) is 46.1 Å². The average Bonchev–Trinajstić information content (AvgIpc) is 3.75. The number of likely N-dealkylation sites (tertiary alicyclic amines) is 3. The van der Waals surface area contributed by atoms with E-state index in [1.54, 1.807) is 24.8 Å². The van der Waals surface area contributed by atoms with Crippen molar-refractivity contribution in [1.29, 1.82) is 0 Å². The zero-order chi connectivity index (χ0) is 34.4. The highest BCUT2D eigenvalue weighted by Gasteiger charge is 2.43. The Labute approximate surface area is 296 Å². The second-order valence-electron chi connectivity index (χ2n) is 14.5. The fourth-order valence-electron chi connectivity index (χ4n) is 6.11. The molecule has 0 radical (unpaired) electrons. The molecule has 260 valence electrons. The number of hydrogen-bond acceptors (Lipinski definition) is 10. The lowest BCUT2D eigenvalue weighted by Gasteiger charge is -2.26. The van der Waals surface area contributed by atoms with E-state index < -0.39 is 5.60 Å². The maximum Gasteiger partial charge on any atom is 0.410 e. The molecular weight excluding hydrogens is 711 g/mol. The molecule has 4 fully saturated rings. The summed E-state index contributed by atoms with van der Waals surface area (Å²) in [7, 11) is 0. The summed E-state index contributed by atoms with van der Waals surface area (Å²) >= 11 is 14.4. The van der Waals surface area contributed by atoms with Crippen molar-refractivity contribution in [3.63, 3.8) is 0 Å². The number of alkyl halides is 1. The lowest BCUT2D eigenvalue weighted by molar-refractivity contribution is 0.0267. The maximum absolute atomic E-state index is 12.2. The molecule has 1 N–H and O–H groups in total. The lowest BCUT2D eigenvalue weighted by atomic mass is 10.0. The Morgan fingerprint density at radius 3 is 1.49 bits per heavy atom. The van der Waals surface area contributed by atoms with Crippen LogP contribution in [0.4, 0.5) is 9.59 Å². The molecule has 6 rings (SSSR count). The van der Waals surface area contributed by atoms with E-state index in [-0.39, 0.29) is 23.1 Å². The number of carbonyl (C=O) groups is 2. The number of nitrogens with one attached hydrogen (secondary N) is 1. The largest absolute Gasteiger partial charge is 0.444 e. The molecule has 4 saturated heterocycles. The molecular formula is C32H47BrCl2N8O4. The minimum Gasteiger partial charge on any atom is -0.444 e. The first-order valence-corrected chi connectivity index (χ1v) is 17.8. The smallest absolute Gasteiger partial charge is 0.410 e. The summed E-state index contributed by atoms with van der Waals surface area (Å²) in [5, 5.41) is 4.69. The van der Waals surface area contributed by atoms with Gasteiger partial charge in [-0.2, -0.15) is 0 Å². The first-order valence-electron chi connectivity index (χ1n) is 16.0. The Morgan fingerprint density at radius 1 is 0.723 bits per heavy atom. The van der Waals surface area contributed by atoms with Crippen LogP contribution in [0.15, 0.2) is 24.8 Å². The SMILES string of the molecule is CC(C)(C)OC(=O)N1CC2CN(Cc3cnc(Cl)nc3)CC2C1.CC(C)(C)OC(=O)N1CC2CNCC2C1.Clc1ncc(CBr)cn1. The Hall–Kier alpha value is -2.32. The van der Waals surface area contributed by atoms with Crippen molar-refractivity contribution in [3.8, 4) is 0 Å². The molecule has 4 aliphatic rings. The van der Waals surface area contributed by atoms with Gasteiger partial charge in [-0.3, -0.25) is 4.90 Å². The fourth-order valence-corrected chi connectivity index (χ4v) is 6.60. The summed E-state index contributed by atoms with van der Waals surface area (Å²) in [6, 6.07) is 0. The van der Waals surface area contributed by atoms with Gasteiger partial charge < -0.3 is 24.6 Å². The summed E-state index contributed by atoms with van der Waals surface area (Å²) in [5.74, 6) is 2.32. The van der Waals surface area contributed by atoms with Gasteiger partial charge in [-0.1, -0.05) is 15.9 Å². The summed E-state index contributed by atoms with van der Waals surface area (Å²) in [6.07, 6.45) is 6.57. The van der Waals surface area contributed by atoms with Crippen molar-refractivity contribution in [2.45, 2.75) is 64.6 Å². The quantitative estimate of drug-likeness (QED) is 0.316. The molecule has 12 nitrogen and oxygen atoms in total. The number of hydrogen-bond donors (Lipinski definition) is 1. The van der Waals surface area contributed by atoms with Crippen molar-refractivity contribution < 1.29 is 19.1 Å². The number of rotatable bonds is 3. The van der Waals surface area contributed by atoms with Crippen LogP contribution >= 0.6 is 39.1 Å². The third-order valence-electron chi connectivity index (χ3n) is 8.16. The predicted octanol–water partition coefficient (Wildman–Crippen LogP) is 5.53. The van der Waals surface area contributed by atoms with Gasteiger partial charge in [-0.05, 0) is 94.0 Å². The molecule has 4 aliphatic heterocycles. The molecule has 0 saturated carbocycles. The predicted molar refractivity (Wildman–Crippen MR) is 184 cm³/mol. The van der Waals surface area contributed by atoms with Gasteiger partial charge >= 0.3 is 12.2 Å². The zero-order valence-corrected chi connectivity index (χ0v) is 31.2. The van der Waals surface area contributed by atoms with E-state index in [0.29, 0.717) is 29.0 Å². The number of fused-ring (bicyclic) bond motifs is 2. The number of carbonyl (C=O) groups excluding carboxylic acids is 2. The van der Waals surface area contributed by atoms with Crippen LogP contribution in [0.25, 0.3) is 0 Å². The normalized spacial score (nSPS) is 23.7. The third kappa shape index (κ3) is 12.0. The van der Waals surface area contributed by atoms with Gasteiger partial charge in [0, 0.05) is 94.6 Å². The Kier molecular flexibility index (Phi) is 13.1. The van der Waals surface area contributed by atoms with Crippen LogP contribution in [0.5, 0.6) is 0 Å². The Morgan fingerprint density at radius 2 is 1.11 bits per heavy atom. The van der Waals surface area contributed by atoms with E-state index in [9.17, 15) is 9.59 Å². The topological polar surface area (TPSA) is 126 Å². The molecule has 0 aliphatic carbocycles. The number of nitrogens with zero attached hydrogens (tertiary/aromatic N) is 7. The molecule has 6 heterocycles. The highest BCUT2D eigenvalue weighted by Crippen LogP contribution is 2.33. The van der Waals surface area contributed by atoms with Crippen LogP contribution in [0, 0.1) is 23.7 Å². The first kappa shape index (κ1) is 37.5. The van der Waals surface area contributed by atoms with E-state index in [1.165, 1.54) is 0 Å². The molecule has 4 atom stereocenters. The fraction of sp³-hybridized carbons (Fsp3) is 0.688. The van der Waals surface area contributed by atoms with Crippen molar-refractivity contribution in [1.82, 2.24) is 40.0 Å². The van der Waals surface area contributed by atoms with Crippen LogP contribution in [0.2, 0.25) is 10.6 Å². The van der Waals surface area contributed by atoms with Crippen molar-refractivity contribution in [2.75, 3.05) is 52.4 Å². The maximum atomic E-state index is 12.2.